The third kappa shape index (κ3) is 3.58. The molecule has 6 heteroatoms. The molecule has 0 radical (unpaired) electrons. The maximum Gasteiger partial charge on any atom is 0.228 e. The maximum absolute atomic E-state index is 12.2. The quantitative estimate of drug-likeness (QED) is 0.569. The maximum atomic E-state index is 12.2. The van der Waals surface area contributed by atoms with E-state index in [1.807, 2.05) is 24.3 Å². The van der Waals surface area contributed by atoms with Crippen LogP contribution in [-0.2, 0) is 11.2 Å². The molecule has 4 rings (SSSR count). The van der Waals surface area contributed by atoms with Crippen LogP contribution in [0.2, 0.25) is 5.02 Å². The topological polar surface area (TPSA) is 68.0 Å². The Morgan fingerprint density at radius 1 is 1.12 bits per heavy atom. The smallest absolute Gasteiger partial charge is 0.228 e. The fourth-order valence-electron chi connectivity index (χ4n) is 2.61. The number of anilines is 1. The zero-order valence-corrected chi connectivity index (χ0v) is 14.4. The third-order valence-electron chi connectivity index (χ3n) is 3.86. The molecule has 0 saturated heterocycles. The van der Waals surface area contributed by atoms with Gasteiger partial charge in [0.25, 0.3) is 0 Å². The van der Waals surface area contributed by atoms with Gasteiger partial charge in [0, 0.05) is 23.1 Å². The number of nitrogens with zero attached hydrogens (tertiary/aromatic N) is 2. The molecule has 0 aliphatic carbocycles. The van der Waals surface area contributed by atoms with E-state index >= 15 is 0 Å². The van der Waals surface area contributed by atoms with Crippen molar-refractivity contribution in [3.63, 3.8) is 0 Å². The molecule has 2 aromatic carbocycles. The summed E-state index contributed by atoms with van der Waals surface area (Å²) >= 11 is 5.86. The van der Waals surface area contributed by atoms with E-state index < -0.39 is 0 Å². The van der Waals surface area contributed by atoms with Crippen molar-refractivity contribution in [3.05, 3.63) is 77.6 Å². The van der Waals surface area contributed by atoms with Gasteiger partial charge in [0.2, 0.25) is 11.8 Å². The van der Waals surface area contributed by atoms with Gasteiger partial charge >= 0.3 is 0 Å². The Kier molecular flexibility index (Phi) is 4.37. The van der Waals surface area contributed by atoms with Gasteiger partial charge in [-0.1, -0.05) is 23.7 Å². The van der Waals surface area contributed by atoms with Crippen molar-refractivity contribution in [2.24, 2.45) is 0 Å². The molecule has 1 amide bonds. The van der Waals surface area contributed by atoms with Gasteiger partial charge in [-0.3, -0.25) is 9.78 Å². The first-order valence-electron chi connectivity index (χ1n) is 8.03. The van der Waals surface area contributed by atoms with E-state index in [-0.39, 0.29) is 12.3 Å². The van der Waals surface area contributed by atoms with E-state index in [1.54, 1.807) is 42.7 Å². The Morgan fingerprint density at radius 3 is 2.73 bits per heavy atom. The van der Waals surface area contributed by atoms with E-state index in [1.165, 1.54) is 0 Å². The first kappa shape index (κ1) is 16.3. The van der Waals surface area contributed by atoms with Crippen LogP contribution in [0, 0.1) is 0 Å². The Hall–Kier alpha value is -3.18. The van der Waals surface area contributed by atoms with E-state index in [9.17, 15) is 4.79 Å². The third-order valence-corrected chi connectivity index (χ3v) is 4.11. The van der Waals surface area contributed by atoms with Gasteiger partial charge in [-0.2, -0.15) is 0 Å². The lowest BCUT2D eigenvalue weighted by Crippen LogP contribution is -2.14. The normalized spacial score (nSPS) is 10.8. The van der Waals surface area contributed by atoms with Crippen molar-refractivity contribution in [1.82, 2.24) is 9.97 Å². The molecule has 0 unspecified atom stereocenters. The van der Waals surface area contributed by atoms with E-state index in [4.69, 9.17) is 16.0 Å². The number of halogens is 1. The molecule has 0 saturated carbocycles. The molecule has 2 heterocycles. The summed E-state index contributed by atoms with van der Waals surface area (Å²) < 4.78 is 5.74. The van der Waals surface area contributed by atoms with Crippen LogP contribution >= 0.6 is 11.6 Å². The number of amides is 1. The Labute approximate surface area is 154 Å². The number of carbonyl (C=O) groups is 1. The summed E-state index contributed by atoms with van der Waals surface area (Å²) in [5, 5.41) is 3.53. The molecular weight excluding hydrogens is 350 g/mol. The van der Waals surface area contributed by atoms with Crippen molar-refractivity contribution < 1.29 is 9.21 Å². The molecule has 1 N–H and O–H groups in total. The second kappa shape index (κ2) is 6.98. The number of hydrogen-bond donors (Lipinski definition) is 1. The number of pyridine rings is 1. The summed E-state index contributed by atoms with van der Waals surface area (Å²) in [5.74, 6) is 0.389. The van der Waals surface area contributed by atoms with Crippen molar-refractivity contribution in [2.75, 3.05) is 5.32 Å². The second-order valence-corrected chi connectivity index (χ2v) is 6.23. The van der Waals surface area contributed by atoms with Crippen LogP contribution in [0.15, 0.2) is 71.4 Å². The van der Waals surface area contributed by atoms with Gasteiger partial charge < -0.3 is 9.73 Å². The lowest BCUT2D eigenvalue weighted by Gasteiger charge is -2.05. The Bertz CT molecular complexity index is 1060. The van der Waals surface area contributed by atoms with Gasteiger partial charge in [-0.25, -0.2) is 4.98 Å². The van der Waals surface area contributed by atoms with Gasteiger partial charge in [-0.05, 0) is 48.0 Å². The highest BCUT2D eigenvalue weighted by molar-refractivity contribution is 6.30. The predicted octanol–water partition coefficient (Wildman–Crippen LogP) is 4.72. The van der Waals surface area contributed by atoms with Crippen LogP contribution in [0.3, 0.4) is 0 Å². The first-order valence-corrected chi connectivity index (χ1v) is 8.40. The molecule has 128 valence electrons. The molecule has 2 aromatic heterocycles. The predicted molar refractivity (Wildman–Crippen MR) is 101 cm³/mol. The molecule has 0 atom stereocenters. The van der Waals surface area contributed by atoms with E-state index in [2.05, 4.69) is 15.3 Å². The number of carbonyl (C=O) groups excluding carboxylic acids is 1. The van der Waals surface area contributed by atoms with Crippen LogP contribution in [0.4, 0.5) is 5.69 Å². The summed E-state index contributed by atoms with van der Waals surface area (Å²) in [7, 11) is 0. The van der Waals surface area contributed by atoms with Crippen LogP contribution in [0.1, 0.15) is 5.56 Å². The van der Waals surface area contributed by atoms with Crippen LogP contribution in [0.5, 0.6) is 0 Å². The number of rotatable bonds is 4. The molecule has 5 nitrogen and oxygen atoms in total. The van der Waals surface area contributed by atoms with Gasteiger partial charge in [0.1, 0.15) is 5.52 Å². The summed E-state index contributed by atoms with van der Waals surface area (Å²) in [6.45, 7) is 0. The first-order chi connectivity index (χ1) is 12.7. The minimum atomic E-state index is -0.109. The van der Waals surface area contributed by atoms with E-state index in [0.29, 0.717) is 27.7 Å². The molecule has 0 bridgehead atoms. The molecule has 0 aliphatic heterocycles. The van der Waals surface area contributed by atoms with Gasteiger partial charge in [0.15, 0.2) is 5.58 Å². The molecule has 26 heavy (non-hydrogen) atoms. The number of oxazole rings is 1. The summed E-state index contributed by atoms with van der Waals surface area (Å²) in [4.78, 5) is 20.8. The summed E-state index contributed by atoms with van der Waals surface area (Å²) in [6.07, 6.45) is 3.66. The molecular formula is C20H14ClN3O2. The average Bonchev–Trinajstić information content (AvgIpc) is 3.08. The lowest BCUT2D eigenvalue weighted by atomic mass is 10.1. The van der Waals surface area contributed by atoms with Crippen LogP contribution in [0.25, 0.3) is 22.6 Å². The van der Waals surface area contributed by atoms with Crippen molar-refractivity contribution >= 4 is 34.3 Å². The highest BCUT2D eigenvalue weighted by atomic mass is 35.5. The molecule has 0 fully saturated rings. The SMILES string of the molecule is O=C(Cc1ccc(Cl)cc1)Nc1ccc2oc(-c3cccnc3)nc2c1. The minimum absolute atomic E-state index is 0.109. The zero-order valence-electron chi connectivity index (χ0n) is 13.6. The molecule has 4 aromatic rings. The zero-order chi connectivity index (χ0) is 17.9. The van der Waals surface area contributed by atoms with E-state index in [0.717, 1.165) is 11.1 Å². The van der Waals surface area contributed by atoms with Crippen molar-refractivity contribution in [2.45, 2.75) is 6.42 Å². The second-order valence-electron chi connectivity index (χ2n) is 5.79. The van der Waals surface area contributed by atoms with Crippen LogP contribution in [-0.4, -0.2) is 15.9 Å². The number of nitrogens with one attached hydrogen (secondary N) is 1. The molecule has 0 spiro atoms. The monoisotopic (exact) mass is 363 g/mol. The lowest BCUT2D eigenvalue weighted by molar-refractivity contribution is -0.115. The average molecular weight is 364 g/mol. The fraction of sp³-hybridized carbons (Fsp3) is 0.0500. The Balaban J connectivity index is 1.52. The fourth-order valence-corrected chi connectivity index (χ4v) is 2.74. The summed E-state index contributed by atoms with van der Waals surface area (Å²) in [5.41, 5.74) is 3.69. The molecule has 0 aliphatic rings. The van der Waals surface area contributed by atoms with Gasteiger partial charge in [0.05, 0.1) is 12.0 Å². The number of hydrogen-bond acceptors (Lipinski definition) is 4. The van der Waals surface area contributed by atoms with Crippen LogP contribution < -0.4 is 5.32 Å². The summed E-state index contributed by atoms with van der Waals surface area (Å²) in [6, 6.07) is 16.3. The number of benzene rings is 2. The van der Waals surface area contributed by atoms with Gasteiger partial charge in [-0.15, -0.1) is 0 Å². The number of fused-ring (bicyclic) bond motifs is 1. The standard InChI is InChI=1S/C20H14ClN3O2/c21-15-5-3-13(4-6-15)10-19(25)23-16-7-8-18-17(11-16)24-20(26-18)14-2-1-9-22-12-14/h1-9,11-12H,10H2,(H,23,25). The highest BCUT2D eigenvalue weighted by Crippen LogP contribution is 2.25. The highest BCUT2D eigenvalue weighted by Gasteiger charge is 2.10. The largest absolute Gasteiger partial charge is 0.436 e. The number of aromatic nitrogens is 2. The van der Waals surface area contributed by atoms with Crippen molar-refractivity contribution in [3.8, 4) is 11.5 Å². The van der Waals surface area contributed by atoms with Crippen molar-refractivity contribution in [1.29, 1.82) is 0 Å². The minimum Gasteiger partial charge on any atom is -0.436 e. The Morgan fingerprint density at radius 2 is 1.96 bits per heavy atom.